The zero-order valence-electron chi connectivity index (χ0n) is 15.4. The quantitative estimate of drug-likeness (QED) is 0.500. The maximum absolute atomic E-state index is 11.9. The van der Waals surface area contributed by atoms with Gasteiger partial charge in [-0.05, 0) is 40.7 Å². The minimum Gasteiger partial charge on any atom is -0.478 e. The third-order valence-electron chi connectivity index (χ3n) is 6.13. The second kappa shape index (κ2) is 6.44. The first kappa shape index (κ1) is 17.4. The van der Waals surface area contributed by atoms with Crippen LogP contribution in [0.2, 0.25) is 0 Å². The van der Waals surface area contributed by atoms with Gasteiger partial charge in [-0.25, -0.2) is 4.79 Å². The highest BCUT2D eigenvalue weighted by molar-refractivity contribution is 5.96. The van der Waals surface area contributed by atoms with Crippen LogP contribution < -0.4 is 5.32 Å². The Balaban J connectivity index is 1.67. The number of non-ortho nitro benzene ring substituents is 1. The van der Waals surface area contributed by atoms with Crippen LogP contribution in [0.3, 0.4) is 0 Å². The fraction of sp³-hybridized carbons (Fsp3) is 0.174. The number of nitro benzene ring substituents is 1. The SMILES string of the molecule is O=C(O)c1cccc2c1N[C@H](c1ccc([N+](=O)[O-])cc1)[C@H]1Cc3ccccc3[C@@H]21. The number of nitrogens with zero attached hydrogens (tertiary/aromatic N) is 1. The molecule has 2 N–H and O–H groups in total. The summed E-state index contributed by atoms with van der Waals surface area (Å²) >= 11 is 0. The molecule has 0 amide bonds. The highest BCUT2D eigenvalue weighted by Crippen LogP contribution is 2.54. The number of carbonyl (C=O) groups is 1. The van der Waals surface area contributed by atoms with Crippen molar-refractivity contribution in [3.63, 3.8) is 0 Å². The number of fused-ring (bicyclic) bond motifs is 5. The second-order valence-electron chi connectivity index (χ2n) is 7.59. The molecule has 144 valence electrons. The number of rotatable bonds is 3. The average molecular weight is 386 g/mol. The van der Waals surface area contributed by atoms with E-state index < -0.39 is 10.9 Å². The summed E-state index contributed by atoms with van der Waals surface area (Å²) in [6.45, 7) is 0. The molecule has 0 radical (unpaired) electrons. The van der Waals surface area contributed by atoms with E-state index in [2.05, 4.69) is 17.4 Å². The van der Waals surface area contributed by atoms with Gasteiger partial charge in [-0.1, -0.05) is 48.5 Å². The molecule has 1 aliphatic carbocycles. The number of nitro groups is 1. The molecular weight excluding hydrogens is 368 g/mol. The fourth-order valence-electron chi connectivity index (χ4n) is 4.90. The Morgan fingerprint density at radius 1 is 1.00 bits per heavy atom. The number of nitrogens with one attached hydrogen (secondary N) is 1. The van der Waals surface area contributed by atoms with Crippen molar-refractivity contribution in [2.45, 2.75) is 18.4 Å². The monoisotopic (exact) mass is 386 g/mol. The zero-order chi connectivity index (χ0) is 20.1. The molecule has 0 aromatic heterocycles. The van der Waals surface area contributed by atoms with E-state index in [1.54, 1.807) is 24.3 Å². The van der Waals surface area contributed by atoms with Crippen LogP contribution in [-0.2, 0) is 6.42 Å². The van der Waals surface area contributed by atoms with E-state index in [1.165, 1.54) is 23.3 Å². The summed E-state index contributed by atoms with van der Waals surface area (Å²) in [6, 6.07) is 20.1. The van der Waals surface area contributed by atoms with E-state index in [9.17, 15) is 20.0 Å². The predicted octanol–water partition coefficient (Wildman–Crippen LogP) is 4.76. The van der Waals surface area contributed by atoms with Gasteiger partial charge in [0.15, 0.2) is 0 Å². The summed E-state index contributed by atoms with van der Waals surface area (Å²) in [5.41, 5.74) is 5.35. The first-order valence-electron chi connectivity index (χ1n) is 9.49. The van der Waals surface area contributed by atoms with E-state index in [-0.39, 0.29) is 29.1 Å². The van der Waals surface area contributed by atoms with Gasteiger partial charge in [0.25, 0.3) is 5.69 Å². The number of anilines is 1. The smallest absolute Gasteiger partial charge is 0.337 e. The minimum atomic E-state index is -0.971. The normalized spacial score (nSPS) is 21.4. The van der Waals surface area contributed by atoms with Crippen molar-refractivity contribution in [3.8, 4) is 0 Å². The lowest BCUT2D eigenvalue weighted by Gasteiger charge is -2.38. The lowest BCUT2D eigenvalue weighted by Crippen LogP contribution is -2.31. The van der Waals surface area contributed by atoms with Gasteiger partial charge in [0.05, 0.1) is 22.2 Å². The molecule has 3 atom stereocenters. The maximum Gasteiger partial charge on any atom is 0.337 e. The van der Waals surface area contributed by atoms with E-state index in [1.807, 2.05) is 18.2 Å². The molecule has 2 aliphatic rings. The first-order chi connectivity index (χ1) is 14.0. The Labute approximate surface area is 167 Å². The molecule has 6 nitrogen and oxygen atoms in total. The van der Waals surface area contributed by atoms with Crippen molar-refractivity contribution in [1.82, 2.24) is 0 Å². The van der Waals surface area contributed by atoms with Gasteiger partial charge in [0, 0.05) is 18.1 Å². The van der Waals surface area contributed by atoms with Gasteiger partial charge in [0.2, 0.25) is 0 Å². The van der Waals surface area contributed by atoms with Crippen LogP contribution in [0.4, 0.5) is 11.4 Å². The third-order valence-corrected chi connectivity index (χ3v) is 6.13. The third kappa shape index (κ3) is 2.68. The molecule has 0 saturated carbocycles. The number of aromatic carboxylic acids is 1. The molecule has 1 heterocycles. The molecule has 3 aromatic carbocycles. The Kier molecular flexibility index (Phi) is 3.87. The summed E-state index contributed by atoms with van der Waals surface area (Å²) in [7, 11) is 0. The molecule has 1 aliphatic heterocycles. The molecule has 0 fully saturated rings. The Hall–Kier alpha value is -3.67. The van der Waals surface area contributed by atoms with Crippen molar-refractivity contribution in [1.29, 1.82) is 0 Å². The van der Waals surface area contributed by atoms with Crippen LogP contribution >= 0.6 is 0 Å². The van der Waals surface area contributed by atoms with E-state index >= 15 is 0 Å². The van der Waals surface area contributed by atoms with Gasteiger partial charge in [-0.3, -0.25) is 10.1 Å². The molecular formula is C23H18N2O4. The lowest BCUT2D eigenvalue weighted by atomic mass is 9.75. The van der Waals surface area contributed by atoms with Gasteiger partial charge >= 0.3 is 5.97 Å². The van der Waals surface area contributed by atoms with E-state index in [0.717, 1.165) is 17.5 Å². The summed E-state index contributed by atoms with van der Waals surface area (Å²) in [5.74, 6) is -0.686. The van der Waals surface area contributed by atoms with Crippen molar-refractivity contribution in [2.24, 2.45) is 5.92 Å². The number of benzene rings is 3. The molecule has 3 aromatic rings. The molecule has 0 spiro atoms. The minimum absolute atomic E-state index is 0.0439. The molecule has 0 unspecified atom stereocenters. The fourth-order valence-corrected chi connectivity index (χ4v) is 4.90. The highest BCUT2D eigenvalue weighted by Gasteiger charge is 2.44. The second-order valence-corrected chi connectivity index (χ2v) is 7.59. The van der Waals surface area contributed by atoms with Crippen LogP contribution in [0, 0.1) is 16.0 Å². The average Bonchev–Trinajstić information content (AvgIpc) is 3.12. The Bertz CT molecular complexity index is 1140. The Morgan fingerprint density at radius 2 is 1.72 bits per heavy atom. The zero-order valence-corrected chi connectivity index (χ0v) is 15.4. The van der Waals surface area contributed by atoms with Crippen LogP contribution in [0.5, 0.6) is 0 Å². The standard InChI is InChI=1S/C23H18N2O4/c26-23(27)18-7-3-6-17-20-16-5-2-1-4-14(16)12-19(20)21(24-22(17)18)13-8-10-15(11-9-13)25(28)29/h1-11,19-21,24H,12H2,(H,26,27)/t19-,20-,21+/m0/s1. The van der Waals surface area contributed by atoms with Gasteiger partial charge in [-0.15, -0.1) is 0 Å². The Morgan fingerprint density at radius 3 is 2.45 bits per heavy atom. The van der Waals surface area contributed by atoms with Gasteiger partial charge in [-0.2, -0.15) is 0 Å². The number of para-hydroxylation sites is 1. The van der Waals surface area contributed by atoms with Crippen molar-refractivity contribution >= 4 is 17.3 Å². The van der Waals surface area contributed by atoms with Crippen molar-refractivity contribution < 1.29 is 14.8 Å². The first-order valence-corrected chi connectivity index (χ1v) is 9.49. The summed E-state index contributed by atoms with van der Waals surface area (Å²) in [5, 5.41) is 24.2. The van der Waals surface area contributed by atoms with E-state index in [0.29, 0.717) is 5.69 Å². The molecule has 5 rings (SSSR count). The van der Waals surface area contributed by atoms with Crippen molar-refractivity contribution in [2.75, 3.05) is 5.32 Å². The lowest BCUT2D eigenvalue weighted by molar-refractivity contribution is -0.384. The largest absolute Gasteiger partial charge is 0.478 e. The maximum atomic E-state index is 11.9. The van der Waals surface area contributed by atoms with Gasteiger partial charge in [0.1, 0.15) is 0 Å². The summed E-state index contributed by atoms with van der Waals surface area (Å²) in [4.78, 5) is 22.5. The van der Waals surface area contributed by atoms with Crippen LogP contribution in [-0.4, -0.2) is 16.0 Å². The van der Waals surface area contributed by atoms with Crippen LogP contribution in [0.1, 0.15) is 44.6 Å². The molecule has 0 bridgehead atoms. The summed E-state index contributed by atoms with van der Waals surface area (Å²) in [6.07, 6.45) is 0.867. The molecule has 0 saturated heterocycles. The predicted molar refractivity (Wildman–Crippen MR) is 108 cm³/mol. The topological polar surface area (TPSA) is 92.5 Å². The highest BCUT2D eigenvalue weighted by atomic mass is 16.6. The van der Waals surface area contributed by atoms with Crippen LogP contribution in [0.25, 0.3) is 0 Å². The molecule has 6 heteroatoms. The van der Waals surface area contributed by atoms with Crippen LogP contribution in [0.15, 0.2) is 66.7 Å². The van der Waals surface area contributed by atoms with Gasteiger partial charge < -0.3 is 10.4 Å². The molecule has 29 heavy (non-hydrogen) atoms. The number of hydrogen-bond donors (Lipinski definition) is 2. The van der Waals surface area contributed by atoms with E-state index in [4.69, 9.17) is 0 Å². The summed E-state index contributed by atoms with van der Waals surface area (Å²) < 4.78 is 0. The number of carboxylic acid groups (broad SMARTS) is 1. The number of hydrogen-bond acceptors (Lipinski definition) is 4. The van der Waals surface area contributed by atoms with Crippen molar-refractivity contribution in [3.05, 3.63) is 105 Å². The number of carboxylic acids is 1.